The molecule has 16 heavy (non-hydrogen) atoms. The van der Waals surface area contributed by atoms with E-state index in [1.807, 2.05) is 0 Å². The number of nitrogens with zero attached hydrogens (tertiary/aromatic N) is 1. The van der Waals surface area contributed by atoms with Gasteiger partial charge in [0.2, 0.25) is 6.61 Å². The van der Waals surface area contributed by atoms with Crippen LogP contribution in [0.25, 0.3) is 0 Å². The molecule has 5 heteroatoms. The van der Waals surface area contributed by atoms with Gasteiger partial charge in [-0.05, 0) is 25.1 Å². The topological polar surface area (TPSA) is 47.9 Å². The van der Waals surface area contributed by atoms with Crippen molar-refractivity contribution in [1.82, 2.24) is 0 Å². The lowest BCUT2D eigenvalue weighted by atomic mass is 10.2. The summed E-state index contributed by atoms with van der Waals surface area (Å²) in [7, 11) is 0. The summed E-state index contributed by atoms with van der Waals surface area (Å²) in [4.78, 5) is 15.6. The van der Waals surface area contributed by atoms with Crippen molar-refractivity contribution in [3.8, 4) is 0 Å². The first-order valence-electron chi connectivity index (χ1n) is 4.70. The van der Waals surface area contributed by atoms with Gasteiger partial charge >= 0.3 is 5.97 Å². The maximum Gasteiger partial charge on any atom is 0.347 e. The lowest BCUT2D eigenvalue weighted by Gasteiger charge is -1.99. The highest BCUT2D eigenvalue weighted by atomic mass is 35.5. The molecule has 1 rings (SSSR count). The molecule has 1 radical (unpaired) electrons. The highest BCUT2D eigenvalue weighted by Gasteiger charge is 2.00. The fraction of sp³-hybridized carbons (Fsp3) is 0.273. The molecule has 0 saturated carbocycles. The number of carbonyl (C=O) groups excluding carboxylic acids is 1. The summed E-state index contributed by atoms with van der Waals surface area (Å²) >= 11 is 5.86. The van der Waals surface area contributed by atoms with Crippen molar-refractivity contribution in [3.05, 3.63) is 34.9 Å². The molecule has 85 valence electrons. The number of hydrogen-bond acceptors (Lipinski definition) is 4. The van der Waals surface area contributed by atoms with Crippen molar-refractivity contribution >= 4 is 23.8 Å². The van der Waals surface area contributed by atoms with Gasteiger partial charge in [-0.25, -0.2) is 4.79 Å². The minimum Gasteiger partial charge on any atom is -0.463 e. The number of halogens is 1. The molecule has 0 heterocycles. The first kappa shape index (κ1) is 12.5. The summed E-state index contributed by atoms with van der Waals surface area (Å²) in [6.45, 7) is 1.84. The van der Waals surface area contributed by atoms with Crippen LogP contribution < -0.4 is 0 Å². The van der Waals surface area contributed by atoms with E-state index < -0.39 is 5.97 Å². The molecule has 0 unspecified atom stereocenters. The number of hydrogen-bond donors (Lipinski definition) is 0. The van der Waals surface area contributed by atoms with Crippen LogP contribution in [0.4, 0.5) is 0 Å². The van der Waals surface area contributed by atoms with Gasteiger partial charge in [-0.3, -0.25) is 0 Å². The Kier molecular flexibility index (Phi) is 5.36. The molecule has 0 aromatic heterocycles. The fourth-order valence-corrected chi connectivity index (χ4v) is 1.08. The summed E-state index contributed by atoms with van der Waals surface area (Å²) in [5.74, 6) is -0.453. The summed E-state index contributed by atoms with van der Waals surface area (Å²) in [6.07, 6.45) is 1.41. The molecule has 4 nitrogen and oxygen atoms in total. The first-order chi connectivity index (χ1) is 7.74. The average Bonchev–Trinajstić information content (AvgIpc) is 2.27. The van der Waals surface area contributed by atoms with Gasteiger partial charge < -0.3 is 9.57 Å². The monoisotopic (exact) mass is 240 g/mol. The van der Waals surface area contributed by atoms with Crippen molar-refractivity contribution in [2.45, 2.75) is 6.92 Å². The zero-order valence-electron chi connectivity index (χ0n) is 8.77. The quantitative estimate of drug-likeness (QED) is 0.450. The Morgan fingerprint density at radius 2 is 2.50 bits per heavy atom. The van der Waals surface area contributed by atoms with Crippen LogP contribution in [0, 0.1) is 6.07 Å². The Bertz CT molecular complexity index is 379. The van der Waals surface area contributed by atoms with Crippen LogP contribution >= 0.6 is 11.6 Å². The smallest absolute Gasteiger partial charge is 0.347 e. The van der Waals surface area contributed by atoms with Gasteiger partial charge in [-0.1, -0.05) is 22.8 Å². The predicted molar refractivity (Wildman–Crippen MR) is 60.5 cm³/mol. The molecule has 0 aliphatic heterocycles. The second kappa shape index (κ2) is 6.85. The molecule has 0 atom stereocenters. The van der Waals surface area contributed by atoms with Crippen molar-refractivity contribution in [2.24, 2.45) is 5.16 Å². The van der Waals surface area contributed by atoms with Gasteiger partial charge in [0.15, 0.2) is 0 Å². The largest absolute Gasteiger partial charge is 0.463 e. The van der Waals surface area contributed by atoms with E-state index in [0.29, 0.717) is 17.2 Å². The van der Waals surface area contributed by atoms with E-state index in [4.69, 9.17) is 16.4 Å². The third kappa shape index (κ3) is 4.31. The zero-order valence-corrected chi connectivity index (χ0v) is 9.53. The summed E-state index contributed by atoms with van der Waals surface area (Å²) in [5, 5.41) is 4.14. The van der Waals surface area contributed by atoms with Gasteiger partial charge in [-0.2, -0.15) is 0 Å². The molecule has 0 bridgehead atoms. The second-order valence-electron chi connectivity index (χ2n) is 2.76. The van der Waals surface area contributed by atoms with E-state index in [1.54, 1.807) is 25.1 Å². The predicted octanol–water partition coefficient (Wildman–Crippen LogP) is 2.05. The summed E-state index contributed by atoms with van der Waals surface area (Å²) in [6, 6.07) is 7.90. The minimum atomic E-state index is -0.453. The Morgan fingerprint density at radius 3 is 3.19 bits per heavy atom. The van der Waals surface area contributed by atoms with Crippen LogP contribution in [-0.4, -0.2) is 25.4 Å². The molecule has 0 aliphatic carbocycles. The van der Waals surface area contributed by atoms with Crippen LogP contribution in [0.1, 0.15) is 12.5 Å². The minimum absolute atomic E-state index is 0.210. The van der Waals surface area contributed by atoms with Crippen molar-refractivity contribution in [2.75, 3.05) is 13.2 Å². The van der Waals surface area contributed by atoms with Gasteiger partial charge in [0, 0.05) is 10.6 Å². The highest BCUT2D eigenvalue weighted by Crippen LogP contribution is 2.11. The molecule has 0 N–H and O–H groups in total. The molecule has 1 aromatic rings. The number of benzene rings is 1. The van der Waals surface area contributed by atoms with Crippen LogP contribution in [0.15, 0.2) is 23.4 Å². The SMILES string of the molecule is CCOC(=O)CO/N=C/c1c[c]ccc1Cl. The Balaban J connectivity index is 2.38. The molecule has 0 fully saturated rings. The van der Waals surface area contributed by atoms with E-state index in [-0.39, 0.29) is 6.61 Å². The third-order valence-corrected chi connectivity index (χ3v) is 1.94. The zero-order chi connectivity index (χ0) is 11.8. The van der Waals surface area contributed by atoms with Gasteiger partial charge in [0.05, 0.1) is 12.8 Å². The molecular formula is C11H11ClNO3. The molecule has 1 aromatic carbocycles. The number of oxime groups is 1. The molecule has 0 amide bonds. The van der Waals surface area contributed by atoms with Crippen molar-refractivity contribution in [1.29, 1.82) is 0 Å². The molecule has 0 spiro atoms. The lowest BCUT2D eigenvalue weighted by Crippen LogP contribution is -2.10. The molecule has 0 aliphatic rings. The number of rotatable bonds is 5. The number of carbonyl (C=O) groups is 1. The van der Waals surface area contributed by atoms with Crippen molar-refractivity contribution < 1.29 is 14.4 Å². The van der Waals surface area contributed by atoms with Gasteiger partial charge in [0.25, 0.3) is 0 Å². The summed E-state index contributed by atoms with van der Waals surface area (Å²) < 4.78 is 4.65. The van der Waals surface area contributed by atoms with E-state index >= 15 is 0 Å². The van der Waals surface area contributed by atoms with Crippen molar-refractivity contribution in [3.63, 3.8) is 0 Å². The van der Waals surface area contributed by atoms with Crippen LogP contribution in [-0.2, 0) is 14.4 Å². The van der Waals surface area contributed by atoms with E-state index in [0.717, 1.165) is 0 Å². The number of esters is 1. The average molecular weight is 241 g/mol. The second-order valence-corrected chi connectivity index (χ2v) is 3.17. The van der Waals surface area contributed by atoms with E-state index in [1.165, 1.54) is 6.21 Å². The van der Waals surface area contributed by atoms with Crippen LogP contribution in [0.2, 0.25) is 5.02 Å². The van der Waals surface area contributed by atoms with Gasteiger partial charge in [-0.15, -0.1) is 0 Å². The Hall–Kier alpha value is -1.55. The lowest BCUT2D eigenvalue weighted by molar-refractivity contribution is -0.148. The summed E-state index contributed by atoms with van der Waals surface area (Å²) in [5.41, 5.74) is 0.674. The Labute approximate surface area is 98.8 Å². The first-order valence-corrected chi connectivity index (χ1v) is 5.08. The maximum absolute atomic E-state index is 10.9. The third-order valence-electron chi connectivity index (χ3n) is 1.59. The van der Waals surface area contributed by atoms with E-state index in [2.05, 4.69) is 16.0 Å². The van der Waals surface area contributed by atoms with Gasteiger partial charge in [0.1, 0.15) is 0 Å². The molecule has 0 saturated heterocycles. The van der Waals surface area contributed by atoms with Crippen LogP contribution in [0.5, 0.6) is 0 Å². The molecular weight excluding hydrogens is 230 g/mol. The standard InChI is InChI=1S/C11H11ClNO3/c1-2-15-11(14)8-16-13-7-9-5-3-4-6-10(9)12/h4-7H,2,8H2,1H3/b13-7+. The Morgan fingerprint density at radius 1 is 1.69 bits per heavy atom. The highest BCUT2D eigenvalue weighted by molar-refractivity contribution is 6.33. The number of ether oxygens (including phenoxy) is 1. The van der Waals surface area contributed by atoms with E-state index in [9.17, 15) is 4.79 Å². The maximum atomic E-state index is 10.9. The normalized spacial score (nSPS) is 10.4. The van der Waals surface area contributed by atoms with Crippen LogP contribution in [0.3, 0.4) is 0 Å². The fourth-order valence-electron chi connectivity index (χ4n) is 0.910.